The Morgan fingerprint density at radius 1 is 1.33 bits per heavy atom. The zero-order chi connectivity index (χ0) is 13.8. The molecule has 0 amide bonds. The Bertz CT molecular complexity index is 434. The standard InChI is InChI=1S/C10H8BrF3O4/c11-7-5-6(9(15)16)1-2-8(7)17-3-4-18-10(12,13)14/h1-2,5H,3-4H2,(H,15,16). The van der Waals surface area contributed by atoms with Gasteiger partial charge in [-0.05, 0) is 34.1 Å². The summed E-state index contributed by atoms with van der Waals surface area (Å²) in [6.07, 6.45) is -4.69. The largest absolute Gasteiger partial charge is 0.522 e. The Morgan fingerprint density at radius 3 is 2.50 bits per heavy atom. The number of hydrogen-bond donors (Lipinski definition) is 1. The first-order chi connectivity index (χ1) is 8.29. The Labute approximate surface area is 108 Å². The van der Waals surface area contributed by atoms with Gasteiger partial charge in [0.15, 0.2) is 0 Å². The van der Waals surface area contributed by atoms with E-state index in [0.29, 0.717) is 4.47 Å². The Hall–Kier alpha value is -1.28. The summed E-state index contributed by atoms with van der Waals surface area (Å²) in [5.74, 6) is -0.867. The van der Waals surface area contributed by atoms with Crippen LogP contribution < -0.4 is 4.74 Å². The molecule has 0 bridgehead atoms. The number of rotatable bonds is 5. The molecular weight excluding hydrogens is 321 g/mol. The van der Waals surface area contributed by atoms with E-state index in [0.717, 1.165) is 0 Å². The van der Waals surface area contributed by atoms with Gasteiger partial charge in [0.05, 0.1) is 16.6 Å². The topological polar surface area (TPSA) is 55.8 Å². The fourth-order valence-corrected chi connectivity index (χ4v) is 1.55. The predicted molar refractivity (Wildman–Crippen MR) is 58.6 cm³/mol. The highest BCUT2D eigenvalue weighted by atomic mass is 79.9. The van der Waals surface area contributed by atoms with E-state index in [-0.39, 0.29) is 17.9 Å². The fraction of sp³-hybridized carbons (Fsp3) is 0.300. The molecule has 1 aromatic rings. The third-order valence-electron chi connectivity index (χ3n) is 1.79. The lowest BCUT2D eigenvalue weighted by molar-refractivity contribution is -0.325. The van der Waals surface area contributed by atoms with Crippen LogP contribution in [0, 0.1) is 0 Å². The van der Waals surface area contributed by atoms with Crippen molar-refractivity contribution in [3.63, 3.8) is 0 Å². The fourth-order valence-electron chi connectivity index (χ4n) is 1.06. The molecule has 1 aromatic carbocycles. The van der Waals surface area contributed by atoms with E-state index in [1.54, 1.807) is 0 Å². The predicted octanol–water partition coefficient (Wildman–Crippen LogP) is 3.06. The van der Waals surface area contributed by atoms with E-state index in [2.05, 4.69) is 20.7 Å². The second kappa shape index (κ2) is 6.05. The van der Waals surface area contributed by atoms with Gasteiger partial charge >= 0.3 is 12.3 Å². The summed E-state index contributed by atoms with van der Waals surface area (Å²) < 4.78 is 43.8. The van der Waals surface area contributed by atoms with E-state index < -0.39 is 18.9 Å². The summed E-state index contributed by atoms with van der Waals surface area (Å²) in [4.78, 5) is 10.6. The molecule has 1 rings (SSSR count). The monoisotopic (exact) mass is 328 g/mol. The average Bonchev–Trinajstić information content (AvgIpc) is 2.24. The number of benzene rings is 1. The van der Waals surface area contributed by atoms with Crippen LogP contribution in [-0.4, -0.2) is 30.7 Å². The number of hydrogen-bond acceptors (Lipinski definition) is 3. The van der Waals surface area contributed by atoms with Gasteiger partial charge in [0.25, 0.3) is 0 Å². The second-order valence-electron chi connectivity index (χ2n) is 3.09. The number of halogens is 4. The minimum absolute atomic E-state index is 0.0424. The molecule has 1 N–H and O–H groups in total. The number of carbonyl (C=O) groups is 1. The van der Waals surface area contributed by atoms with Gasteiger partial charge in [0, 0.05) is 0 Å². The van der Waals surface area contributed by atoms with Crippen molar-refractivity contribution in [3.05, 3.63) is 28.2 Å². The third kappa shape index (κ3) is 4.92. The van der Waals surface area contributed by atoms with E-state index in [1.165, 1.54) is 18.2 Å². The van der Waals surface area contributed by atoms with Crippen molar-refractivity contribution in [1.29, 1.82) is 0 Å². The molecule has 18 heavy (non-hydrogen) atoms. The van der Waals surface area contributed by atoms with Crippen molar-refractivity contribution >= 4 is 21.9 Å². The van der Waals surface area contributed by atoms with Crippen LogP contribution in [0.1, 0.15) is 10.4 Å². The first kappa shape index (κ1) is 14.8. The molecule has 0 atom stereocenters. The maximum atomic E-state index is 11.7. The maximum Gasteiger partial charge on any atom is 0.522 e. The number of aromatic carboxylic acids is 1. The first-order valence-corrected chi connectivity index (χ1v) is 5.45. The Balaban J connectivity index is 2.51. The molecule has 0 heterocycles. The van der Waals surface area contributed by atoms with Gasteiger partial charge in [0.1, 0.15) is 12.4 Å². The average molecular weight is 329 g/mol. The van der Waals surface area contributed by atoms with Crippen LogP contribution in [0.3, 0.4) is 0 Å². The van der Waals surface area contributed by atoms with Crippen molar-refractivity contribution in [2.75, 3.05) is 13.2 Å². The molecule has 0 fully saturated rings. The number of ether oxygens (including phenoxy) is 2. The van der Waals surface area contributed by atoms with Crippen molar-refractivity contribution in [1.82, 2.24) is 0 Å². The Morgan fingerprint density at radius 2 is 2.00 bits per heavy atom. The molecule has 0 radical (unpaired) electrons. The van der Waals surface area contributed by atoms with Gasteiger partial charge in [-0.1, -0.05) is 0 Å². The summed E-state index contributed by atoms with van der Waals surface area (Å²) in [5.41, 5.74) is 0.0424. The highest BCUT2D eigenvalue weighted by molar-refractivity contribution is 9.10. The summed E-state index contributed by atoms with van der Waals surface area (Å²) in [7, 11) is 0. The quantitative estimate of drug-likeness (QED) is 0.844. The van der Waals surface area contributed by atoms with Crippen LogP contribution in [0.2, 0.25) is 0 Å². The lowest BCUT2D eigenvalue weighted by Crippen LogP contribution is -2.18. The van der Waals surface area contributed by atoms with Gasteiger partial charge < -0.3 is 9.84 Å². The van der Waals surface area contributed by atoms with Crippen molar-refractivity contribution < 1.29 is 32.5 Å². The molecule has 0 spiro atoms. The van der Waals surface area contributed by atoms with Crippen molar-refractivity contribution in [2.24, 2.45) is 0 Å². The minimum Gasteiger partial charge on any atom is -0.490 e. The summed E-state index contributed by atoms with van der Waals surface area (Å²) in [6.45, 7) is -0.943. The zero-order valence-corrected chi connectivity index (χ0v) is 10.4. The molecule has 0 aromatic heterocycles. The molecule has 0 aliphatic rings. The normalized spacial score (nSPS) is 11.3. The van der Waals surface area contributed by atoms with Crippen molar-refractivity contribution in [2.45, 2.75) is 6.36 Å². The smallest absolute Gasteiger partial charge is 0.490 e. The molecular formula is C10H8BrF3O4. The van der Waals surface area contributed by atoms with E-state index in [9.17, 15) is 18.0 Å². The van der Waals surface area contributed by atoms with Gasteiger partial charge in [-0.3, -0.25) is 4.74 Å². The zero-order valence-electron chi connectivity index (χ0n) is 8.83. The van der Waals surface area contributed by atoms with Crippen LogP contribution in [0.5, 0.6) is 5.75 Å². The third-order valence-corrected chi connectivity index (χ3v) is 2.41. The van der Waals surface area contributed by atoms with Crippen LogP contribution in [0.25, 0.3) is 0 Å². The SMILES string of the molecule is O=C(O)c1ccc(OCCOC(F)(F)F)c(Br)c1. The number of carboxylic acids is 1. The number of alkyl halides is 3. The number of carboxylic acid groups (broad SMARTS) is 1. The van der Waals surface area contributed by atoms with Crippen LogP contribution in [0.15, 0.2) is 22.7 Å². The van der Waals surface area contributed by atoms with Gasteiger partial charge in [-0.15, -0.1) is 13.2 Å². The summed E-state index contributed by atoms with van der Waals surface area (Å²) >= 11 is 3.06. The molecule has 4 nitrogen and oxygen atoms in total. The molecule has 0 unspecified atom stereocenters. The van der Waals surface area contributed by atoms with E-state index >= 15 is 0 Å². The maximum absolute atomic E-state index is 11.7. The summed E-state index contributed by atoms with van der Waals surface area (Å²) in [6, 6.07) is 3.93. The van der Waals surface area contributed by atoms with Gasteiger partial charge in [-0.25, -0.2) is 4.79 Å². The summed E-state index contributed by atoms with van der Waals surface area (Å²) in [5, 5.41) is 8.70. The van der Waals surface area contributed by atoms with Crippen molar-refractivity contribution in [3.8, 4) is 5.75 Å². The van der Waals surface area contributed by atoms with Crippen LogP contribution in [-0.2, 0) is 4.74 Å². The molecule has 100 valence electrons. The van der Waals surface area contributed by atoms with E-state index in [4.69, 9.17) is 9.84 Å². The molecule has 8 heteroatoms. The molecule has 0 saturated carbocycles. The minimum atomic E-state index is -4.69. The second-order valence-corrected chi connectivity index (χ2v) is 3.95. The lowest BCUT2D eigenvalue weighted by atomic mass is 10.2. The Kier molecular flexibility index (Phi) is 4.97. The molecule has 0 aliphatic heterocycles. The lowest BCUT2D eigenvalue weighted by Gasteiger charge is -2.10. The van der Waals surface area contributed by atoms with Crippen LogP contribution >= 0.6 is 15.9 Å². The van der Waals surface area contributed by atoms with Gasteiger partial charge in [-0.2, -0.15) is 0 Å². The van der Waals surface area contributed by atoms with Gasteiger partial charge in [0.2, 0.25) is 0 Å². The highest BCUT2D eigenvalue weighted by Gasteiger charge is 2.28. The molecule has 0 saturated heterocycles. The van der Waals surface area contributed by atoms with E-state index in [1.807, 2.05) is 0 Å². The molecule has 0 aliphatic carbocycles. The highest BCUT2D eigenvalue weighted by Crippen LogP contribution is 2.26. The van der Waals surface area contributed by atoms with Crippen LogP contribution in [0.4, 0.5) is 13.2 Å². The first-order valence-electron chi connectivity index (χ1n) is 4.66.